The maximum Gasteiger partial charge on any atom is 0.410 e. The van der Waals surface area contributed by atoms with E-state index in [0.717, 1.165) is 55.0 Å². The topological polar surface area (TPSA) is 71.5 Å². The van der Waals surface area contributed by atoms with Crippen molar-refractivity contribution in [2.24, 2.45) is 0 Å². The lowest BCUT2D eigenvalue weighted by Crippen LogP contribution is -2.54. The van der Waals surface area contributed by atoms with Gasteiger partial charge in [0.25, 0.3) is 0 Å². The fourth-order valence-electron chi connectivity index (χ4n) is 3.69. The van der Waals surface area contributed by atoms with Gasteiger partial charge in [0.2, 0.25) is 5.91 Å². The summed E-state index contributed by atoms with van der Waals surface area (Å²) in [5, 5.41) is 5.84. The number of thiazole rings is 1. The molecule has 0 spiro atoms. The molecule has 1 aromatic heterocycles. The fourth-order valence-corrected chi connectivity index (χ4v) is 5.98. The van der Waals surface area contributed by atoms with Crippen LogP contribution in [0.4, 0.5) is 4.79 Å². The van der Waals surface area contributed by atoms with Gasteiger partial charge < -0.3 is 10.1 Å². The predicted molar refractivity (Wildman–Crippen MR) is 104 cm³/mol. The second-order valence-corrected chi connectivity index (χ2v) is 9.44. The van der Waals surface area contributed by atoms with Crippen LogP contribution in [0, 0.1) is 6.92 Å². The van der Waals surface area contributed by atoms with Gasteiger partial charge in [0.1, 0.15) is 10.4 Å². The number of aryl methyl sites for hydroxylation is 1. The molecule has 1 N–H and O–H groups in total. The quantitative estimate of drug-likeness (QED) is 0.841. The lowest BCUT2D eigenvalue weighted by Gasteiger charge is -2.35. The van der Waals surface area contributed by atoms with Crippen LogP contribution in [0.25, 0.3) is 0 Å². The highest BCUT2D eigenvalue weighted by Crippen LogP contribution is 2.35. The summed E-state index contributed by atoms with van der Waals surface area (Å²) < 4.78 is 5.98. The molecule has 0 bridgehead atoms. The minimum Gasteiger partial charge on any atom is -0.453 e. The van der Waals surface area contributed by atoms with E-state index in [4.69, 9.17) is 4.74 Å². The van der Waals surface area contributed by atoms with Gasteiger partial charge >= 0.3 is 6.09 Å². The number of ether oxygens (including phenoxy) is 1. The second kappa shape index (κ2) is 9.08. The Hall–Kier alpha value is -1.28. The third kappa shape index (κ3) is 4.91. The number of carbonyl (C=O) groups is 2. The van der Waals surface area contributed by atoms with Gasteiger partial charge in [-0.05, 0) is 51.9 Å². The first-order chi connectivity index (χ1) is 12.6. The Kier molecular flexibility index (Phi) is 6.80. The molecule has 2 fully saturated rings. The highest BCUT2D eigenvalue weighted by Gasteiger charge is 2.34. The Morgan fingerprint density at radius 1 is 1.27 bits per heavy atom. The standard InChI is InChI=1S/C18H27N3O3S2/c1-12-11-25-17(19-12)26-14-8-6-13(7-9-14)20-16(22)15-5-3-4-10-21(15)18(23)24-2/h11,13-15H,3-10H2,1-2H3,(H,20,22). The van der Waals surface area contributed by atoms with Crippen molar-refractivity contribution in [3.63, 3.8) is 0 Å². The van der Waals surface area contributed by atoms with Gasteiger partial charge in [0.05, 0.1) is 7.11 Å². The zero-order valence-corrected chi connectivity index (χ0v) is 17.0. The predicted octanol–water partition coefficient (Wildman–Crippen LogP) is 3.59. The summed E-state index contributed by atoms with van der Waals surface area (Å²) in [4.78, 5) is 30.7. The third-order valence-corrected chi connectivity index (χ3v) is 7.53. The van der Waals surface area contributed by atoms with E-state index in [1.165, 1.54) is 7.11 Å². The number of rotatable bonds is 4. The van der Waals surface area contributed by atoms with Crippen LogP contribution in [-0.4, -0.2) is 52.9 Å². The highest BCUT2D eigenvalue weighted by atomic mass is 32.2. The van der Waals surface area contributed by atoms with Crippen molar-refractivity contribution < 1.29 is 14.3 Å². The zero-order valence-electron chi connectivity index (χ0n) is 15.4. The molecule has 8 heteroatoms. The molecule has 0 radical (unpaired) electrons. The lowest BCUT2D eigenvalue weighted by molar-refractivity contribution is -0.127. The molecule has 3 rings (SSSR count). The molecule has 26 heavy (non-hydrogen) atoms. The minimum atomic E-state index is -0.399. The maximum absolute atomic E-state index is 12.7. The van der Waals surface area contributed by atoms with Gasteiger partial charge in [-0.1, -0.05) is 11.8 Å². The van der Waals surface area contributed by atoms with Crippen LogP contribution in [0.5, 0.6) is 0 Å². The summed E-state index contributed by atoms with van der Waals surface area (Å²) in [5.41, 5.74) is 1.08. The van der Waals surface area contributed by atoms with Gasteiger partial charge in [0, 0.05) is 28.9 Å². The van der Waals surface area contributed by atoms with Crippen molar-refractivity contribution in [1.29, 1.82) is 0 Å². The first-order valence-corrected chi connectivity index (χ1v) is 11.1. The van der Waals surface area contributed by atoms with E-state index in [9.17, 15) is 9.59 Å². The molecule has 2 amide bonds. The number of aromatic nitrogens is 1. The molecule has 2 heterocycles. The zero-order chi connectivity index (χ0) is 18.5. The van der Waals surface area contributed by atoms with Crippen LogP contribution in [0.15, 0.2) is 9.72 Å². The maximum atomic E-state index is 12.7. The Morgan fingerprint density at radius 2 is 2.04 bits per heavy atom. The van der Waals surface area contributed by atoms with E-state index in [0.29, 0.717) is 11.8 Å². The van der Waals surface area contributed by atoms with Crippen molar-refractivity contribution in [3.05, 3.63) is 11.1 Å². The SMILES string of the molecule is COC(=O)N1CCCCC1C(=O)NC1CCC(Sc2nc(C)cs2)CC1. The van der Waals surface area contributed by atoms with Gasteiger partial charge in [-0.25, -0.2) is 9.78 Å². The third-order valence-electron chi connectivity index (χ3n) is 5.10. The molecule has 1 saturated heterocycles. The molecule has 1 unspecified atom stereocenters. The average molecular weight is 398 g/mol. The van der Waals surface area contributed by atoms with Crippen LogP contribution in [0.1, 0.15) is 50.6 Å². The molecule has 0 aromatic carbocycles. The van der Waals surface area contributed by atoms with Crippen molar-refractivity contribution in [1.82, 2.24) is 15.2 Å². The van der Waals surface area contributed by atoms with Gasteiger partial charge in [0.15, 0.2) is 0 Å². The number of nitrogens with zero attached hydrogens (tertiary/aromatic N) is 2. The Morgan fingerprint density at radius 3 is 2.69 bits per heavy atom. The first-order valence-electron chi connectivity index (χ1n) is 9.30. The van der Waals surface area contributed by atoms with Gasteiger partial charge in [-0.15, -0.1) is 11.3 Å². The number of hydrogen-bond acceptors (Lipinski definition) is 6. The van der Waals surface area contributed by atoms with E-state index in [-0.39, 0.29) is 18.0 Å². The molecule has 144 valence electrons. The van der Waals surface area contributed by atoms with Crippen molar-refractivity contribution in [2.75, 3.05) is 13.7 Å². The lowest BCUT2D eigenvalue weighted by atomic mass is 9.94. The fraction of sp³-hybridized carbons (Fsp3) is 0.722. The number of amides is 2. The number of nitrogens with one attached hydrogen (secondary N) is 1. The number of methoxy groups -OCH3 is 1. The molecule has 1 atom stereocenters. The summed E-state index contributed by atoms with van der Waals surface area (Å²) in [6, 6.07) is -0.180. The summed E-state index contributed by atoms with van der Waals surface area (Å²) in [6.45, 7) is 2.62. The second-order valence-electron chi connectivity index (χ2n) is 7.03. The smallest absolute Gasteiger partial charge is 0.410 e. The normalized spacial score (nSPS) is 26.4. The van der Waals surface area contributed by atoms with Crippen LogP contribution in [0.3, 0.4) is 0 Å². The Labute approximate surface area is 163 Å². The highest BCUT2D eigenvalue weighted by molar-refractivity contribution is 8.01. The molecule has 1 saturated carbocycles. The van der Waals surface area contributed by atoms with Gasteiger partial charge in [-0.2, -0.15) is 0 Å². The Balaban J connectivity index is 1.47. The number of hydrogen-bond donors (Lipinski definition) is 1. The van der Waals surface area contributed by atoms with E-state index in [1.807, 2.05) is 18.7 Å². The molecule has 1 aromatic rings. The van der Waals surface area contributed by atoms with E-state index < -0.39 is 6.09 Å². The molecular formula is C18H27N3O3S2. The Bertz CT molecular complexity index is 629. The summed E-state index contributed by atoms with van der Waals surface area (Å²) in [7, 11) is 1.37. The van der Waals surface area contributed by atoms with Crippen LogP contribution < -0.4 is 5.32 Å². The van der Waals surface area contributed by atoms with E-state index >= 15 is 0 Å². The number of piperidine rings is 1. The number of carbonyl (C=O) groups excluding carboxylic acids is 2. The largest absolute Gasteiger partial charge is 0.453 e. The average Bonchev–Trinajstić information content (AvgIpc) is 3.07. The minimum absolute atomic E-state index is 0.0262. The molecule has 2 aliphatic rings. The molecule has 1 aliphatic carbocycles. The van der Waals surface area contributed by atoms with Crippen LogP contribution in [0.2, 0.25) is 0 Å². The number of thioether (sulfide) groups is 1. The molecular weight excluding hydrogens is 370 g/mol. The van der Waals surface area contributed by atoms with Crippen molar-refractivity contribution in [2.45, 2.75) is 73.5 Å². The molecule has 6 nitrogen and oxygen atoms in total. The summed E-state index contributed by atoms with van der Waals surface area (Å²) in [5.74, 6) is -0.0262. The van der Waals surface area contributed by atoms with Gasteiger partial charge in [-0.3, -0.25) is 9.69 Å². The summed E-state index contributed by atoms with van der Waals surface area (Å²) >= 11 is 3.58. The molecule has 1 aliphatic heterocycles. The van der Waals surface area contributed by atoms with Crippen molar-refractivity contribution in [3.8, 4) is 0 Å². The van der Waals surface area contributed by atoms with Crippen LogP contribution in [-0.2, 0) is 9.53 Å². The van der Waals surface area contributed by atoms with E-state index in [1.54, 1.807) is 16.2 Å². The number of likely N-dealkylation sites (tertiary alicyclic amines) is 1. The van der Waals surface area contributed by atoms with E-state index in [2.05, 4.69) is 15.7 Å². The van der Waals surface area contributed by atoms with Crippen LogP contribution >= 0.6 is 23.1 Å². The summed E-state index contributed by atoms with van der Waals surface area (Å²) in [6.07, 6.45) is 6.36. The monoisotopic (exact) mass is 397 g/mol. The first kappa shape index (κ1) is 19.5. The van der Waals surface area contributed by atoms with Crippen molar-refractivity contribution >= 4 is 35.1 Å².